The number of carbonyl (C=O) groups is 3. The van der Waals surface area contributed by atoms with E-state index >= 15 is 0 Å². The Hall–Kier alpha value is -3.61. The summed E-state index contributed by atoms with van der Waals surface area (Å²) < 4.78 is 15.2. The SMILES string of the molecule is C=O.C=O.O=C(Nc1ccccc1)c1cn(-c2ccccc2F)cn1. The Morgan fingerprint density at radius 3 is 2.20 bits per heavy atom. The molecule has 0 aliphatic carbocycles. The van der Waals surface area contributed by atoms with Crippen LogP contribution in [0.5, 0.6) is 0 Å². The number of amides is 1. The Kier molecular flexibility index (Phi) is 7.94. The van der Waals surface area contributed by atoms with Crippen molar-refractivity contribution in [2.75, 3.05) is 5.32 Å². The molecule has 0 saturated carbocycles. The van der Waals surface area contributed by atoms with Gasteiger partial charge in [0.15, 0.2) is 0 Å². The first-order valence-corrected chi connectivity index (χ1v) is 6.97. The number of benzene rings is 2. The fourth-order valence-electron chi connectivity index (χ4n) is 1.95. The van der Waals surface area contributed by atoms with Gasteiger partial charge in [-0.3, -0.25) is 4.79 Å². The molecule has 0 spiro atoms. The van der Waals surface area contributed by atoms with Gasteiger partial charge >= 0.3 is 0 Å². The number of halogens is 1. The van der Waals surface area contributed by atoms with Gasteiger partial charge in [-0.1, -0.05) is 30.3 Å². The highest BCUT2D eigenvalue weighted by Gasteiger charge is 2.11. The number of nitrogens with zero attached hydrogens (tertiary/aromatic N) is 2. The molecule has 3 aromatic rings. The second-order valence-electron chi connectivity index (χ2n) is 4.44. The number of rotatable bonds is 3. The number of imidazole rings is 1. The third-order valence-electron chi connectivity index (χ3n) is 2.98. The molecule has 0 atom stereocenters. The summed E-state index contributed by atoms with van der Waals surface area (Å²) in [6.45, 7) is 4.00. The molecule has 1 aromatic heterocycles. The molecule has 0 unspecified atom stereocenters. The van der Waals surface area contributed by atoms with Crippen molar-refractivity contribution in [2.24, 2.45) is 0 Å². The molecule has 0 fully saturated rings. The molecule has 1 heterocycles. The first-order chi connectivity index (χ1) is 12.2. The molecular weight excluding hydrogens is 325 g/mol. The van der Waals surface area contributed by atoms with Gasteiger partial charge in [-0.25, -0.2) is 9.37 Å². The van der Waals surface area contributed by atoms with Crippen molar-refractivity contribution in [3.05, 3.63) is 78.6 Å². The summed E-state index contributed by atoms with van der Waals surface area (Å²) in [6, 6.07) is 15.4. The summed E-state index contributed by atoms with van der Waals surface area (Å²) in [5, 5.41) is 2.73. The summed E-state index contributed by atoms with van der Waals surface area (Å²) in [4.78, 5) is 32.1. The van der Waals surface area contributed by atoms with Crippen LogP contribution in [0.4, 0.5) is 10.1 Å². The fraction of sp³-hybridized carbons (Fsp3) is 0. The van der Waals surface area contributed by atoms with Crippen molar-refractivity contribution >= 4 is 25.2 Å². The maximum absolute atomic E-state index is 13.7. The van der Waals surface area contributed by atoms with E-state index in [1.807, 2.05) is 31.8 Å². The third kappa shape index (κ3) is 5.21. The van der Waals surface area contributed by atoms with Gasteiger partial charge in [-0.15, -0.1) is 0 Å². The lowest BCUT2D eigenvalue weighted by molar-refractivity contribution is -0.0987. The monoisotopic (exact) mass is 341 g/mol. The zero-order valence-corrected chi connectivity index (χ0v) is 13.3. The van der Waals surface area contributed by atoms with Crippen LogP contribution in [0, 0.1) is 5.82 Å². The van der Waals surface area contributed by atoms with E-state index in [2.05, 4.69) is 10.3 Å². The van der Waals surface area contributed by atoms with Crippen molar-refractivity contribution in [3.63, 3.8) is 0 Å². The lowest BCUT2D eigenvalue weighted by atomic mass is 10.3. The van der Waals surface area contributed by atoms with Crippen molar-refractivity contribution < 1.29 is 18.8 Å². The normalized spacial score (nSPS) is 9.00. The van der Waals surface area contributed by atoms with Crippen LogP contribution in [-0.2, 0) is 9.59 Å². The Morgan fingerprint density at radius 2 is 1.56 bits per heavy atom. The van der Waals surface area contributed by atoms with Crippen LogP contribution in [0.25, 0.3) is 5.69 Å². The van der Waals surface area contributed by atoms with Crippen molar-refractivity contribution in [1.29, 1.82) is 0 Å². The minimum absolute atomic E-state index is 0.224. The second kappa shape index (κ2) is 10.2. The lowest BCUT2D eigenvalue weighted by Gasteiger charge is -2.03. The number of carbonyl (C=O) groups excluding carboxylic acids is 3. The number of hydrogen-bond donors (Lipinski definition) is 1. The van der Waals surface area contributed by atoms with Crippen LogP contribution < -0.4 is 5.32 Å². The fourth-order valence-corrected chi connectivity index (χ4v) is 1.95. The maximum Gasteiger partial charge on any atom is 0.275 e. The van der Waals surface area contributed by atoms with Crippen molar-refractivity contribution in [3.8, 4) is 5.69 Å². The van der Waals surface area contributed by atoms with Gasteiger partial charge in [-0.05, 0) is 24.3 Å². The highest BCUT2D eigenvalue weighted by molar-refractivity contribution is 6.02. The molecule has 0 radical (unpaired) electrons. The van der Waals surface area contributed by atoms with E-state index in [0.717, 1.165) is 0 Å². The predicted molar refractivity (Wildman–Crippen MR) is 92.2 cm³/mol. The van der Waals surface area contributed by atoms with E-state index in [4.69, 9.17) is 9.59 Å². The first kappa shape index (κ1) is 19.4. The number of nitrogens with one attached hydrogen (secondary N) is 1. The lowest BCUT2D eigenvalue weighted by Crippen LogP contribution is -2.12. The van der Waals surface area contributed by atoms with Crippen LogP contribution in [0.15, 0.2) is 67.1 Å². The standard InChI is InChI=1S/C16H12FN3O.2CH2O/c17-13-8-4-5-9-15(13)20-10-14(18-11-20)16(21)19-12-6-2-1-3-7-12;2*1-2/h1-11H,(H,19,21);2*1H2. The molecule has 0 bridgehead atoms. The minimum Gasteiger partial charge on any atom is -0.321 e. The number of hydrogen-bond acceptors (Lipinski definition) is 4. The zero-order valence-electron chi connectivity index (χ0n) is 13.3. The molecule has 1 amide bonds. The quantitative estimate of drug-likeness (QED) is 0.794. The molecule has 3 rings (SSSR count). The van der Waals surface area contributed by atoms with E-state index in [-0.39, 0.29) is 17.4 Å². The van der Waals surface area contributed by atoms with Crippen LogP contribution in [-0.4, -0.2) is 29.0 Å². The first-order valence-electron chi connectivity index (χ1n) is 6.97. The van der Waals surface area contributed by atoms with Gasteiger partial charge in [0.05, 0.1) is 5.69 Å². The summed E-state index contributed by atoms with van der Waals surface area (Å²) in [5.41, 5.74) is 1.26. The van der Waals surface area contributed by atoms with E-state index in [1.54, 1.807) is 30.3 Å². The largest absolute Gasteiger partial charge is 0.321 e. The number of anilines is 1. The summed E-state index contributed by atoms with van der Waals surface area (Å²) in [6.07, 6.45) is 2.91. The second-order valence-corrected chi connectivity index (χ2v) is 4.44. The molecule has 7 heteroatoms. The molecule has 0 saturated heterocycles. The highest BCUT2D eigenvalue weighted by atomic mass is 19.1. The van der Waals surface area contributed by atoms with E-state index in [0.29, 0.717) is 11.4 Å². The number of para-hydroxylation sites is 2. The van der Waals surface area contributed by atoms with Crippen LogP contribution in [0.2, 0.25) is 0 Å². The van der Waals surface area contributed by atoms with Gasteiger partial charge in [0.25, 0.3) is 5.91 Å². The topological polar surface area (TPSA) is 81.1 Å². The van der Waals surface area contributed by atoms with Gasteiger partial charge in [0, 0.05) is 11.9 Å². The number of aromatic nitrogens is 2. The summed E-state index contributed by atoms with van der Waals surface area (Å²) >= 11 is 0. The average molecular weight is 341 g/mol. The Morgan fingerprint density at radius 1 is 0.960 bits per heavy atom. The molecule has 6 nitrogen and oxygen atoms in total. The van der Waals surface area contributed by atoms with Crippen molar-refractivity contribution in [2.45, 2.75) is 0 Å². The van der Waals surface area contributed by atoms with Gasteiger partial charge in [0.1, 0.15) is 31.4 Å². The zero-order chi connectivity index (χ0) is 18.7. The van der Waals surface area contributed by atoms with Crippen LogP contribution in [0.1, 0.15) is 10.5 Å². The van der Waals surface area contributed by atoms with Gasteiger partial charge < -0.3 is 19.5 Å². The molecule has 0 aliphatic rings. The Balaban J connectivity index is 0.000000730. The molecule has 2 aromatic carbocycles. The molecule has 128 valence electrons. The van der Waals surface area contributed by atoms with E-state index < -0.39 is 0 Å². The third-order valence-corrected chi connectivity index (χ3v) is 2.98. The van der Waals surface area contributed by atoms with Crippen LogP contribution in [0.3, 0.4) is 0 Å². The smallest absolute Gasteiger partial charge is 0.275 e. The van der Waals surface area contributed by atoms with Gasteiger partial charge in [-0.2, -0.15) is 0 Å². The Bertz CT molecular complexity index is 804. The molecular formula is C18H16FN3O3. The molecule has 0 aliphatic heterocycles. The summed E-state index contributed by atoms with van der Waals surface area (Å²) in [5.74, 6) is -0.707. The maximum atomic E-state index is 13.7. The predicted octanol–water partition coefficient (Wildman–Crippen LogP) is 2.89. The van der Waals surface area contributed by atoms with Crippen molar-refractivity contribution in [1.82, 2.24) is 9.55 Å². The summed E-state index contributed by atoms with van der Waals surface area (Å²) in [7, 11) is 0. The van der Waals surface area contributed by atoms with Crippen LogP contribution >= 0.6 is 0 Å². The van der Waals surface area contributed by atoms with E-state index in [9.17, 15) is 9.18 Å². The average Bonchev–Trinajstić information content (AvgIpc) is 3.16. The molecule has 25 heavy (non-hydrogen) atoms. The minimum atomic E-state index is -0.370. The highest BCUT2D eigenvalue weighted by Crippen LogP contribution is 2.14. The van der Waals surface area contributed by atoms with E-state index in [1.165, 1.54) is 23.2 Å². The Labute approximate surface area is 143 Å². The molecule has 1 N–H and O–H groups in total. The van der Waals surface area contributed by atoms with Gasteiger partial charge in [0.2, 0.25) is 0 Å².